The molecule has 6 heteroatoms. The molecule has 1 aromatic carbocycles. The number of rotatable bonds is 5. The van der Waals surface area contributed by atoms with Crippen LogP contribution in [0.25, 0.3) is 0 Å². The van der Waals surface area contributed by atoms with Crippen LogP contribution < -0.4 is 10.1 Å². The third kappa shape index (κ3) is 3.63. The van der Waals surface area contributed by atoms with Crippen LogP contribution in [0.15, 0.2) is 36.5 Å². The van der Waals surface area contributed by atoms with Crippen LogP contribution in [-0.2, 0) is 6.73 Å². The Labute approximate surface area is 128 Å². The minimum Gasteiger partial charge on any atom is -0.471 e. The zero-order chi connectivity index (χ0) is 15.4. The molecule has 1 N–H and O–H groups in total. The number of carbonyl (C=O) groups excluding carboxylic acids is 1. The Morgan fingerprint density at radius 3 is 2.73 bits per heavy atom. The van der Waals surface area contributed by atoms with E-state index in [0.717, 1.165) is 12.8 Å². The molecule has 1 aromatic heterocycles. The van der Waals surface area contributed by atoms with Crippen molar-refractivity contribution in [3.63, 3.8) is 0 Å². The van der Waals surface area contributed by atoms with Gasteiger partial charge >= 0.3 is 0 Å². The van der Waals surface area contributed by atoms with E-state index in [2.05, 4.69) is 10.4 Å². The fourth-order valence-electron chi connectivity index (χ4n) is 2.56. The Morgan fingerprint density at radius 2 is 2.00 bits per heavy atom. The second-order valence-electron chi connectivity index (χ2n) is 5.42. The highest BCUT2D eigenvalue weighted by molar-refractivity contribution is 5.92. The van der Waals surface area contributed by atoms with Crippen LogP contribution in [0.1, 0.15) is 36.2 Å². The number of hydrogen-bond donors (Lipinski definition) is 1. The van der Waals surface area contributed by atoms with Gasteiger partial charge in [0.25, 0.3) is 5.91 Å². The molecule has 2 aromatic rings. The summed E-state index contributed by atoms with van der Waals surface area (Å²) in [6, 6.07) is 7.70. The van der Waals surface area contributed by atoms with Crippen LogP contribution in [0.5, 0.6) is 5.75 Å². The van der Waals surface area contributed by atoms with Gasteiger partial charge in [0.15, 0.2) is 6.73 Å². The van der Waals surface area contributed by atoms with E-state index in [4.69, 9.17) is 4.74 Å². The van der Waals surface area contributed by atoms with Crippen LogP contribution in [0.3, 0.4) is 0 Å². The first-order valence-electron chi connectivity index (χ1n) is 7.43. The molecule has 0 atom stereocenters. The van der Waals surface area contributed by atoms with Gasteiger partial charge in [0.1, 0.15) is 17.3 Å². The van der Waals surface area contributed by atoms with Crippen molar-refractivity contribution in [2.45, 2.75) is 38.5 Å². The molecule has 0 aliphatic heterocycles. The number of hydrogen-bond acceptors (Lipinski definition) is 3. The number of halogens is 1. The average Bonchev–Trinajstić information content (AvgIpc) is 3.18. The number of nitrogens with one attached hydrogen (secondary N) is 1. The van der Waals surface area contributed by atoms with Gasteiger partial charge in [0.2, 0.25) is 0 Å². The Bertz CT molecular complexity index is 633. The van der Waals surface area contributed by atoms with Gasteiger partial charge in [-0.15, -0.1) is 0 Å². The lowest BCUT2D eigenvalue weighted by atomic mass is 10.2. The normalized spacial score (nSPS) is 15.0. The number of carbonyl (C=O) groups is 1. The van der Waals surface area contributed by atoms with E-state index >= 15 is 0 Å². The zero-order valence-corrected chi connectivity index (χ0v) is 12.2. The van der Waals surface area contributed by atoms with Gasteiger partial charge in [-0.3, -0.25) is 4.79 Å². The van der Waals surface area contributed by atoms with E-state index in [1.807, 2.05) is 0 Å². The maximum atomic E-state index is 12.8. The van der Waals surface area contributed by atoms with Gasteiger partial charge in [-0.1, -0.05) is 12.8 Å². The van der Waals surface area contributed by atoms with Crippen molar-refractivity contribution in [1.29, 1.82) is 0 Å². The lowest BCUT2D eigenvalue weighted by Crippen LogP contribution is -2.32. The fraction of sp³-hybridized carbons (Fsp3) is 0.375. The summed E-state index contributed by atoms with van der Waals surface area (Å²) < 4.78 is 19.8. The molecule has 1 heterocycles. The summed E-state index contributed by atoms with van der Waals surface area (Å²) >= 11 is 0. The summed E-state index contributed by atoms with van der Waals surface area (Å²) in [4.78, 5) is 12.1. The van der Waals surface area contributed by atoms with Crippen LogP contribution >= 0.6 is 0 Å². The smallest absolute Gasteiger partial charge is 0.271 e. The number of ether oxygens (including phenoxy) is 1. The van der Waals surface area contributed by atoms with Gasteiger partial charge in [0, 0.05) is 12.2 Å². The van der Waals surface area contributed by atoms with Crippen molar-refractivity contribution in [1.82, 2.24) is 15.1 Å². The second kappa shape index (κ2) is 6.60. The molecule has 1 saturated carbocycles. The van der Waals surface area contributed by atoms with Crippen molar-refractivity contribution in [2.24, 2.45) is 0 Å². The highest BCUT2D eigenvalue weighted by Gasteiger charge is 2.19. The predicted octanol–water partition coefficient (Wildman–Crippen LogP) is 2.73. The molecule has 1 fully saturated rings. The third-order valence-corrected chi connectivity index (χ3v) is 3.74. The van der Waals surface area contributed by atoms with E-state index in [1.54, 1.807) is 24.4 Å². The average molecular weight is 303 g/mol. The maximum absolute atomic E-state index is 12.8. The topological polar surface area (TPSA) is 56.2 Å². The molecule has 0 saturated heterocycles. The Balaban J connectivity index is 1.54. The Hall–Kier alpha value is -2.37. The molecule has 22 heavy (non-hydrogen) atoms. The monoisotopic (exact) mass is 303 g/mol. The SMILES string of the molecule is O=C(NC1CCCC1)c1ccn(COc2ccc(F)cc2)n1. The Kier molecular flexibility index (Phi) is 4.37. The lowest BCUT2D eigenvalue weighted by molar-refractivity contribution is 0.0930. The second-order valence-corrected chi connectivity index (χ2v) is 5.42. The summed E-state index contributed by atoms with van der Waals surface area (Å²) in [6.45, 7) is 0.169. The van der Waals surface area contributed by atoms with Crippen molar-refractivity contribution < 1.29 is 13.9 Å². The van der Waals surface area contributed by atoms with Gasteiger partial charge < -0.3 is 10.1 Å². The summed E-state index contributed by atoms with van der Waals surface area (Å²) in [5.74, 6) is 0.0959. The van der Waals surface area contributed by atoms with E-state index in [0.29, 0.717) is 11.4 Å². The highest BCUT2D eigenvalue weighted by atomic mass is 19.1. The van der Waals surface area contributed by atoms with Gasteiger partial charge in [-0.2, -0.15) is 5.10 Å². The van der Waals surface area contributed by atoms with Gasteiger partial charge in [-0.05, 0) is 43.2 Å². The quantitative estimate of drug-likeness (QED) is 0.924. The molecule has 0 radical (unpaired) electrons. The standard InChI is InChI=1S/C16H18FN3O2/c17-12-5-7-14(8-6-12)22-11-20-10-9-15(19-20)16(21)18-13-3-1-2-4-13/h5-10,13H,1-4,11H2,(H,18,21). The van der Waals surface area contributed by atoms with E-state index in [-0.39, 0.29) is 24.5 Å². The zero-order valence-electron chi connectivity index (χ0n) is 12.2. The molecule has 116 valence electrons. The fourth-order valence-corrected chi connectivity index (χ4v) is 2.56. The van der Waals surface area contributed by atoms with Crippen molar-refractivity contribution in [3.8, 4) is 5.75 Å². The van der Waals surface area contributed by atoms with Crippen molar-refractivity contribution >= 4 is 5.91 Å². The molecule has 3 rings (SSSR count). The van der Waals surface area contributed by atoms with Crippen LogP contribution in [0.4, 0.5) is 4.39 Å². The van der Waals surface area contributed by atoms with Crippen LogP contribution in [0.2, 0.25) is 0 Å². The lowest BCUT2D eigenvalue weighted by Gasteiger charge is -2.10. The van der Waals surface area contributed by atoms with E-state index < -0.39 is 0 Å². The van der Waals surface area contributed by atoms with Crippen molar-refractivity contribution in [2.75, 3.05) is 0 Å². The summed E-state index contributed by atoms with van der Waals surface area (Å²) in [5, 5.41) is 7.18. The summed E-state index contributed by atoms with van der Waals surface area (Å²) in [7, 11) is 0. The molecule has 1 aliphatic carbocycles. The summed E-state index contributed by atoms with van der Waals surface area (Å²) in [6.07, 6.45) is 6.11. The molecule has 0 spiro atoms. The highest BCUT2D eigenvalue weighted by Crippen LogP contribution is 2.18. The first-order valence-corrected chi connectivity index (χ1v) is 7.43. The minimum atomic E-state index is -0.308. The van der Waals surface area contributed by atoms with Crippen LogP contribution in [-0.4, -0.2) is 21.7 Å². The molecule has 1 aliphatic rings. The number of aromatic nitrogens is 2. The van der Waals surface area contributed by atoms with Crippen LogP contribution in [0, 0.1) is 5.82 Å². The third-order valence-electron chi connectivity index (χ3n) is 3.74. The number of nitrogens with zero attached hydrogens (tertiary/aromatic N) is 2. The van der Waals surface area contributed by atoms with Gasteiger partial charge in [0.05, 0.1) is 0 Å². The molecule has 0 bridgehead atoms. The predicted molar refractivity (Wildman–Crippen MR) is 79.0 cm³/mol. The minimum absolute atomic E-state index is 0.146. The maximum Gasteiger partial charge on any atom is 0.271 e. The number of amides is 1. The molecular weight excluding hydrogens is 285 g/mol. The van der Waals surface area contributed by atoms with E-state index in [1.165, 1.54) is 29.7 Å². The first kappa shape index (κ1) is 14.6. The molecule has 1 amide bonds. The molecular formula is C16H18FN3O2. The Morgan fingerprint density at radius 1 is 1.27 bits per heavy atom. The van der Waals surface area contributed by atoms with Gasteiger partial charge in [-0.25, -0.2) is 9.07 Å². The van der Waals surface area contributed by atoms with E-state index in [9.17, 15) is 9.18 Å². The summed E-state index contributed by atoms with van der Waals surface area (Å²) in [5.41, 5.74) is 0.384. The molecule has 5 nitrogen and oxygen atoms in total. The first-order chi connectivity index (χ1) is 10.7. The molecule has 0 unspecified atom stereocenters. The largest absolute Gasteiger partial charge is 0.471 e. The number of benzene rings is 1. The van der Waals surface area contributed by atoms with Crippen molar-refractivity contribution in [3.05, 3.63) is 48.0 Å².